The van der Waals surface area contributed by atoms with Crippen molar-refractivity contribution in [2.45, 2.75) is 58.4 Å². The van der Waals surface area contributed by atoms with Gasteiger partial charge in [0.1, 0.15) is 6.04 Å². The molecule has 0 spiro atoms. The fourth-order valence-electron chi connectivity index (χ4n) is 3.53. The minimum atomic E-state index is -1.00. The summed E-state index contributed by atoms with van der Waals surface area (Å²) in [6.07, 6.45) is -1.49. The Labute approximate surface area is 185 Å². The molecule has 9 heteroatoms. The van der Waals surface area contributed by atoms with Gasteiger partial charge in [0.15, 0.2) is 6.10 Å². The predicted molar refractivity (Wildman–Crippen MR) is 116 cm³/mol. The number of nitrogens with zero attached hydrogens (tertiary/aromatic N) is 2. The number of esters is 1. The fraction of sp³-hybridized carbons (Fsp3) is 0.455. The number of carbonyl (C=O) groups excluding carboxylic acids is 3. The first-order chi connectivity index (χ1) is 14.8. The van der Waals surface area contributed by atoms with E-state index < -0.39 is 30.1 Å². The predicted octanol–water partition coefficient (Wildman–Crippen LogP) is 2.04. The van der Waals surface area contributed by atoms with Crippen LogP contribution in [0.5, 0.6) is 0 Å². The Morgan fingerprint density at radius 2 is 2.03 bits per heavy atom. The van der Waals surface area contributed by atoms with Crippen molar-refractivity contribution in [2.24, 2.45) is 0 Å². The maximum absolute atomic E-state index is 12.7. The van der Waals surface area contributed by atoms with Gasteiger partial charge in [-0.05, 0) is 25.0 Å². The molecule has 1 saturated heterocycles. The van der Waals surface area contributed by atoms with E-state index in [1.54, 1.807) is 18.3 Å². The lowest BCUT2D eigenvalue weighted by Crippen LogP contribution is -2.49. The van der Waals surface area contributed by atoms with Gasteiger partial charge < -0.3 is 20.1 Å². The molecule has 2 aromatic rings. The van der Waals surface area contributed by atoms with Crippen molar-refractivity contribution >= 4 is 29.1 Å². The Kier molecular flexibility index (Phi) is 7.40. The molecule has 1 fully saturated rings. The van der Waals surface area contributed by atoms with Crippen molar-refractivity contribution in [3.63, 3.8) is 0 Å². The van der Waals surface area contributed by atoms with Gasteiger partial charge in [0, 0.05) is 25.9 Å². The number of rotatable bonds is 7. The number of nitrogens with one attached hydrogen (secondary N) is 1. The summed E-state index contributed by atoms with van der Waals surface area (Å²) in [4.78, 5) is 43.6. The van der Waals surface area contributed by atoms with Crippen molar-refractivity contribution in [1.29, 1.82) is 0 Å². The highest BCUT2D eigenvalue weighted by Crippen LogP contribution is 2.27. The Balaban J connectivity index is 1.60. The van der Waals surface area contributed by atoms with Crippen LogP contribution in [0.15, 0.2) is 29.8 Å². The fourth-order valence-corrected chi connectivity index (χ4v) is 4.34. The first-order valence-corrected chi connectivity index (χ1v) is 11.1. The van der Waals surface area contributed by atoms with Gasteiger partial charge in [0.05, 0.1) is 22.2 Å². The number of β-amino-alcohol motifs (C(OH)–C–C–N with tert-alkyl or cyclic N) is 1. The number of aliphatic hydroxyl groups excluding tert-OH is 1. The third kappa shape index (κ3) is 5.48. The maximum Gasteiger partial charge on any atom is 0.306 e. The van der Waals surface area contributed by atoms with E-state index in [2.05, 4.69) is 10.3 Å². The SMILES string of the molecule is CCC(=O)OC(C)C(=O)N1CC(O)CC1C(=O)NCc1ccc(-c2scnc2C)cc1. The number of aryl methyl sites for hydroxylation is 1. The quantitative estimate of drug-likeness (QED) is 0.632. The molecule has 1 aromatic carbocycles. The zero-order chi connectivity index (χ0) is 22.5. The zero-order valence-corrected chi connectivity index (χ0v) is 18.6. The molecule has 1 aliphatic heterocycles. The van der Waals surface area contributed by atoms with Gasteiger partial charge in [-0.1, -0.05) is 31.2 Å². The molecule has 166 valence electrons. The van der Waals surface area contributed by atoms with E-state index in [1.807, 2.05) is 36.7 Å². The van der Waals surface area contributed by atoms with Crippen LogP contribution < -0.4 is 5.32 Å². The van der Waals surface area contributed by atoms with Crippen LogP contribution in [0.25, 0.3) is 10.4 Å². The lowest BCUT2D eigenvalue weighted by atomic mass is 10.1. The minimum Gasteiger partial charge on any atom is -0.453 e. The maximum atomic E-state index is 12.7. The number of carbonyl (C=O) groups is 3. The van der Waals surface area contributed by atoms with Crippen LogP contribution in [0.4, 0.5) is 0 Å². The summed E-state index contributed by atoms with van der Waals surface area (Å²) in [5.41, 5.74) is 4.78. The normalized spacial score (nSPS) is 19.2. The first-order valence-electron chi connectivity index (χ1n) is 10.2. The second kappa shape index (κ2) is 10.0. The number of hydrogen-bond acceptors (Lipinski definition) is 7. The summed E-state index contributed by atoms with van der Waals surface area (Å²) in [6.45, 7) is 5.42. The van der Waals surface area contributed by atoms with Crippen LogP contribution in [0.2, 0.25) is 0 Å². The highest BCUT2D eigenvalue weighted by molar-refractivity contribution is 7.13. The van der Waals surface area contributed by atoms with E-state index in [4.69, 9.17) is 4.74 Å². The van der Waals surface area contributed by atoms with Gasteiger partial charge >= 0.3 is 5.97 Å². The van der Waals surface area contributed by atoms with Gasteiger partial charge in [-0.15, -0.1) is 11.3 Å². The standard InChI is InChI=1S/C22H27N3O5S/c1-4-19(27)30-14(3)22(29)25-11-17(26)9-18(25)21(28)23-10-15-5-7-16(8-6-15)20-13(2)24-12-31-20/h5-8,12,14,17-18,26H,4,9-11H2,1-3H3,(H,23,28). The summed E-state index contributed by atoms with van der Waals surface area (Å²) in [6, 6.07) is 7.05. The molecule has 1 aliphatic rings. The Bertz CT molecular complexity index is 943. The van der Waals surface area contributed by atoms with Crippen LogP contribution in [0, 0.1) is 6.92 Å². The average molecular weight is 446 g/mol. The summed E-state index contributed by atoms with van der Waals surface area (Å²) in [5, 5.41) is 12.9. The molecule has 2 heterocycles. The molecule has 2 N–H and O–H groups in total. The first kappa shape index (κ1) is 22.9. The topological polar surface area (TPSA) is 109 Å². The van der Waals surface area contributed by atoms with Gasteiger partial charge in [-0.2, -0.15) is 0 Å². The summed E-state index contributed by atoms with van der Waals surface area (Å²) >= 11 is 1.58. The molecule has 1 aromatic heterocycles. The molecule has 3 unspecified atom stereocenters. The van der Waals surface area contributed by atoms with Crippen LogP contribution in [-0.4, -0.2) is 57.6 Å². The molecule has 0 bridgehead atoms. The largest absolute Gasteiger partial charge is 0.453 e. The van der Waals surface area contributed by atoms with E-state index in [9.17, 15) is 19.5 Å². The lowest BCUT2D eigenvalue weighted by molar-refractivity contribution is -0.160. The number of amides is 2. The van der Waals surface area contributed by atoms with Crippen LogP contribution >= 0.6 is 11.3 Å². The number of ether oxygens (including phenoxy) is 1. The molecule has 2 amide bonds. The van der Waals surface area contributed by atoms with Crippen LogP contribution in [-0.2, 0) is 25.7 Å². The number of aromatic nitrogens is 1. The van der Waals surface area contributed by atoms with Crippen LogP contribution in [0.1, 0.15) is 37.9 Å². The summed E-state index contributed by atoms with van der Waals surface area (Å²) in [7, 11) is 0. The van der Waals surface area contributed by atoms with Crippen LogP contribution in [0.3, 0.4) is 0 Å². The number of thiazole rings is 1. The molecule has 3 rings (SSSR count). The van der Waals surface area contributed by atoms with Gasteiger partial charge in [-0.25, -0.2) is 4.98 Å². The molecule has 3 atom stereocenters. The van der Waals surface area contributed by atoms with E-state index >= 15 is 0 Å². The monoisotopic (exact) mass is 445 g/mol. The Morgan fingerprint density at radius 3 is 2.65 bits per heavy atom. The number of likely N-dealkylation sites (tertiary alicyclic amines) is 1. The van der Waals surface area contributed by atoms with Crippen molar-refractivity contribution < 1.29 is 24.2 Å². The summed E-state index contributed by atoms with van der Waals surface area (Å²) in [5.74, 6) is -1.32. The summed E-state index contributed by atoms with van der Waals surface area (Å²) < 4.78 is 5.07. The zero-order valence-electron chi connectivity index (χ0n) is 17.8. The van der Waals surface area contributed by atoms with Crippen molar-refractivity contribution in [3.05, 3.63) is 41.0 Å². The minimum absolute atomic E-state index is 0.0355. The Hall–Kier alpha value is -2.78. The third-order valence-corrected chi connectivity index (χ3v) is 6.22. The molecule has 0 radical (unpaired) electrons. The molecule has 0 aliphatic carbocycles. The highest BCUT2D eigenvalue weighted by Gasteiger charge is 2.40. The van der Waals surface area contributed by atoms with E-state index in [1.165, 1.54) is 11.8 Å². The number of aliphatic hydroxyl groups is 1. The smallest absolute Gasteiger partial charge is 0.306 e. The lowest BCUT2D eigenvalue weighted by Gasteiger charge is -2.26. The Morgan fingerprint density at radius 1 is 1.32 bits per heavy atom. The van der Waals surface area contributed by atoms with Crippen molar-refractivity contribution in [1.82, 2.24) is 15.2 Å². The second-order valence-electron chi connectivity index (χ2n) is 7.56. The second-order valence-corrected chi connectivity index (χ2v) is 8.42. The third-order valence-electron chi connectivity index (χ3n) is 5.24. The van der Waals surface area contributed by atoms with E-state index in [-0.39, 0.29) is 25.3 Å². The molecular formula is C22H27N3O5S. The molecule has 8 nitrogen and oxygen atoms in total. The van der Waals surface area contributed by atoms with Crippen molar-refractivity contribution in [3.8, 4) is 10.4 Å². The van der Waals surface area contributed by atoms with E-state index in [0.29, 0.717) is 6.54 Å². The molecular weight excluding hydrogens is 418 g/mol. The van der Waals surface area contributed by atoms with E-state index in [0.717, 1.165) is 21.7 Å². The van der Waals surface area contributed by atoms with Gasteiger partial charge in [-0.3, -0.25) is 14.4 Å². The van der Waals surface area contributed by atoms with Gasteiger partial charge in [0.2, 0.25) is 5.91 Å². The van der Waals surface area contributed by atoms with Crippen molar-refractivity contribution in [2.75, 3.05) is 6.54 Å². The molecule has 31 heavy (non-hydrogen) atoms. The highest BCUT2D eigenvalue weighted by atomic mass is 32.1. The molecule has 0 saturated carbocycles. The average Bonchev–Trinajstić information content (AvgIpc) is 3.37. The number of hydrogen-bond donors (Lipinski definition) is 2. The van der Waals surface area contributed by atoms with Gasteiger partial charge in [0.25, 0.3) is 5.91 Å². The number of benzene rings is 1.